The van der Waals surface area contributed by atoms with Gasteiger partial charge in [-0.05, 0) is 79.9 Å². The summed E-state index contributed by atoms with van der Waals surface area (Å²) < 4.78 is 0. The predicted molar refractivity (Wildman–Crippen MR) is 144 cm³/mol. The molecule has 0 N–H and O–H groups in total. The lowest BCUT2D eigenvalue weighted by Gasteiger charge is -2.32. The van der Waals surface area contributed by atoms with Crippen LogP contribution in [0.25, 0.3) is 0 Å². The highest BCUT2D eigenvalue weighted by Gasteiger charge is 2.28. The first-order valence-corrected chi connectivity index (χ1v) is 13.1. The first-order chi connectivity index (χ1) is 16.2. The molecule has 1 unspecified atom stereocenters. The molecule has 0 heterocycles. The number of unbranched alkanes of at least 4 members (excludes halogenated alkanes) is 2. The minimum atomic E-state index is 0.507. The van der Waals surface area contributed by atoms with Gasteiger partial charge in [-0.3, -0.25) is 0 Å². The fourth-order valence-electron chi connectivity index (χ4n) is 5.18. The second-order valence-corrected chi connectivity index (χ2v) is 9.75. The largest absolute Gasteiger partial charge is 0.158 e. The highest BCUT2D eigenvalue weighted by atomic mass is 15.2. The van der Waals surface area contributed by atoms with Crippen LogP contribution < -0.4 is 0 Å². The Morgan fingerprint density at radius 2 is 1.73 bits per heavy atom. The Kier molecular flexibility index (Phi) is 10.6. The van der Waals surface area contributed by atoms with E-state index in [4.69, 9.17) is 5.10 Å². The van der Waals surface area contributed by atoms with Gasteiger partial charge >= 0.3 is 0 Å². The average molecular weight is 443 g/mol. The van der Waals surface area contributed by atoms with Gasteiger partial charge in [-0.1, -0.05) is 87.4 Å². The summed E-state index contributed by atoms with van der Waals surface area (Å²) in [5.41, 5.74) is 4.87. The zero-order chi connectivity index (χ0) is 23.3. The summed E-state index contributed by atoms with van der Waals surface area (Å²) in [7, 11) is 0. The molecule has 0 saturated heterocycles. The van der Waals surface area contributed by atoms with Crippen LogP contribution in [0.4, 0.5) is 0 Å². The molecule has 1 fully saturated rings. The van der Waals surface area contributed by atoms with Gasteiger partial charge in [0.25, 0.3) is 0 Å². The quantitative estimate of drug-likeness (QED) is 0.136. The molecule has 2 aromatic carbocycles. The Labute approximate surface area is 201 Å². The minimum absolute atomic E-state index is 0.507. The van der Waals surface area contributed by atoms with Crippen LogP contribution in [-0.2, 0) is 6.42 Å². The molecule has 0 bridgehead atoms. The molecular formula is C31H42N2. The molecule has 176 valence electrons. The Morgan fingerprint density at radius 3 is 2.39 bits per heavy atom. The van der Waals surface area contributed by atoms with E-state index in [-0.39, 0.29) is 0 Å². The van der Waals surface area contributed by atoms with Gasteiger partial charge in [0.15, 0.2) is 0 Å². The maximum atomic E-state index is 4.79. The third-order valence-electron chi connectivity index (χ3n) is 7.25. The lowest BCUT2D eigenvalue weighted by atomic mass is 9.73. The lowest BCUT2D eigenvalue weighted by Crippen LogP contribution is -2.25. The van der Waals surface area contributed by atoms with Gasteiger partial charge in [0.05, 0.1) is 11.9 Å². The number of rotatable bonds is 12. The van der Waals surface area contributed by atoms with Gasteiger partial charge < -0.3 is 0 Å². The fourth-order valence-corrected chi connectivity index (χ4v) is 5.18. The number of hydrogen-bond donors (Lipinski definition) is 0. The third kappa shape index (κ3) is 8.11. The van der Waals surface area contributed by atoms with Gasteiger partial charge in [0.2, 0.25) is 0 Å². The molecule has 1 aliphatic carbocycles. The van der Waals surface area contributed by atoms with E-state index in [1.165, 1.54) is 62.5 Å². The summed E-state index contributed by atoms with van der Waals surface area (Å²) in [6.45, 7) is 8.54. The van der Waals surface area contributed by atoms with Crippen molar-refractivity contribution in [2.45, 2.75) is 78.1 Å². The molecule has 2 heteroatoms. The van der Waals surface area contributed by atoms with Crippen molar-refractivity contribution in [1.82, 2.24) is 0 Å². The summed E-state index contributed by atoms with van der Waals surface area (Å²) in [5, 5.41) is 9.33. The minimum Gasteiger partial charge on any atom is -0.158 e. The normalized spacial score (nSPS) is 20.1. The van der Waals surface area contributed by atoms with E-state index in [9.17, 15) is 0 Å². The van der Waals surface area contributed by atoms with Gasteiger partial charge in [0, 0.05) is 5.92 Å². The molecule has 0 aromatic heterocycles. The standard InChI is InChI=1S/C31H42N2/c1-4-6-7-9-13-26-16-18-27(19-17-26)24-32-33-31(29-14-10-8-11-15-29)30-22-20-28(21-23-30)25(3)12-5-2/h4,8,10-11,14-19,24-25,28,30H,1,5-7,9,12-13,20-23H2,2-3H3/t25?,28-,30-. The van der Waals surface area contributed by atoms with Crippen molar-refractivity contribution in [3.63, 3.8) is 0 Å². The molecule has 1 saturated carbocycles. The van der Waals surface area contributed by atoms with Crippen LogP contribution >= 0.6 is 0 Å². The monoisotopic (exact) mass is 442 g/mol. The van der Waals surface area contributed by atoms with Gasteiger partial charge in [0.1, 0.15) is 0 Å². The zero-order valence-electron chi connectivity index (χ0n) is 20.8. The van der Waals surface area contributed by atoms with Crippen molar-refractivity contribution in [3.05, 3.63) is 83.9 Å². The van der Waals surface area contributed by atoms with Crippen molar-refractivity contribution in [3.8, 4) is 0 Å². The molecule has 0 aliphatic heterocycles. The Hall–Kier alpha value is -2.48. The van der Waals surface area contributed by atoms with Crippen LogP contribution in [0.15, 0.2) is 77.5 Å². The number of aryl methyl sites for hydroxylation is 1. The van der Waals surface area contributed by atoms with Gasteiger partial charge in [-0.15, -0.1) is 6.58 Å². The summed E-state index contributed by atoms with van der Waals surface area (Å²) in [4.78, 5) is 0. The van der Waals surface area contributed by atoms with Gasteiger partial charge in [-0.25, -0.2) is 0 Å². The topological polar surface area (TPSA) is 24.7 Å². The van der Waals surface area contributed by atoms with Crippen LogP contribution in [0.3, 0.4) is 0 Å². The molecule has 1 atom stereocenters. The number of nitrogens with zero attached hydrogens (tertiary/aromatic N) is 2. The van der Waals surface area contributed by atoms with Gasteiger partial charge in [-0.2, -0.15) is 10.2 Å². The van der Waals surface area contributed by atoms with Crippen molar-refractivity contribution in [1.29, 1.82) is 0 Å². The van der Waals surface area contributed by atoms with E-state index in [1.54, 1.807) is 0 Å². The number of benzene rings is 2. The predicted octanol–water partition coefficient (Wildman–Crippen LogP) is 8.65. The zero-order valence-corrected chi connectivity index (χ0v) is 20.8. The van der Waals surface area contributed by atoms with E-state index in [1.807, 2.05) is 12.3 Å². The van der Waals surface area contributed by atoms with E-state index in [0.29, 0.717) is 5.92 Å². The van der Waals surface area contributed by atoms with Crippen LogP contribution in [0.1, 0.15) is 88.3 Å². The van der Waals surface area contributed by atoms with Crippen molar-refractivity contribution >= 4 is 11.9 Å². The van der Waals surface area contributed by atoms with Crippen LogP contribution in [-0.4, -0.2) is 11.9 Å². The second-order valence-electron chi connectivity index (χ2n) is 9.75. The lowest BCUT2D eigenvalue weighted by molar-refractivity contribution is 0.232. The molecule has 33 heavy (non-hydrogen) atoms. The van der Waals surface area contributed by atoms with Crippen LogP contribution in [0.2, 0.25) is 0 Å². The molecule has 2 nitrogen and oxygen atoms in total. The molecule has 0 radical (unpaired) electrons. The highest BCUT2D eigenvalue weighted by Crippen LogP contribution is 2.36. The molecule has 0 spiro atoms. The first-order valence-electron chi connectivity index (χ1n) is 13.1. The van der Waals surface area contributed by atoms with E-state index in [2.05, 4.69) is 80.1 Å². The Morgan fingerprint density at radius 1 is 1.00 bits per heavy atom. The fraction of sp³-hybridized carbons (Fsp3) is 0.484. The van der Waals surface area contributed by atoms with E-state index in [0.717, 1.165) is 36.0 Å². The summed E-state index contributed by atoms with van der Waals surface area (Å²) in [5.74, 6) is 2.22. The maximum absolute atomic E-state index is 4.79. The second kappa shape index (κ2) is 13.9. The van der Waals surface area contributed by atoms with Crippen molar-refractivity contribution < 1.29 is 0 Å². The van der Waals surface area contributed by atoms with Crippen LogP contribution in [0.5, 0.6) is 0 Å². The Bertz CT molecular complexity index is 871. The Balaban J connectivity index is 1.65. The molecule has 0 amide bonds. The van der Waals surface area contributed by atoms with Crippen molar-refractivity contribution in [2.75, 3.05) is 0 Å². The SMILES string of the molecule is C=CCCCCc1ccc(C=NN=C(c2ccccc2)[C@H]2CC[C@H](C(C)CCC)CC2)cc1. The van der Waals surface area contributed by atoms with E-state index < -0.39 is 0 Å². The highest BCUT2D eigenvalue weighted by molar-refractivity contribution is 6.02. The van der Waals surface area contributed by atoms with E-state index >= 15 is 0 Å². The smallest absolute Gasteiger partial charge is 0.0733 e. The number of allylic oxidation sites excluding steroid dienone is 1. The summed E-state index contributed by atoms with van der Waals surface area (Å²) in [6.07, 6.45) is 16.3. The molecule has 3 rings (SSSR count). The summed E-state index contributed by atoms with van der Waals surface area (Å²) in [6, 6.07) is 19.4. The maximum Gasteiger partial charge on any atom is 0.0733 e. The molecular weight excluding hydrogens is 400 g/mol. The van der Waals surface area contributed by atoms with Crippen molar-refractivity contribution in [2.24, 2.45) is 28.0 Å². The average Bonchev–Trinajstić information content (AvgIpc) is 2.86. The first kappa shape index (κ1) is 25.1. The van der Waals surface area contributed by atoms with Crippen LogP contribution in [0, 0.1) is 17.8 Å². The third-order valence-corrected chi connectivity index (χ3v) is 7.25. The molecule has 1 aliphatic rings. The summed E-state index contributed by atoms with van der Waals surface area (Å²) >= 11 is 0. The molecule has 2 aromatic rings. The number of hydrogen-bond acceptors (Lipinski definition) is 2.